The summed E-state index contributed by atoms with van der Waals surface area (Å²) in [4.78, 5) is 2.20. The highest BCUT2D eigenvalue weighted by Crippen LogP contribution is 2.30. The quantitative estimate of drug-likeness (QED) is 0.799. The molecule has 0 heterocycles. The Kier molecular flexibility index (Phi) is 6.11. The number of aryl methyl sites for hydroxylation is 1. The summed E-state index contributed by atoms with van der Waals surface area (Å²) < 4.78 is 5.93. The number of ether oxygens (including phenoxy) is 1. The highest BCUT2D eigenvalue weighted by atomic mass is 16.5. The zero-order chi connectivity index (χ0) is 17.6. The molecule has 0 radical (unpaired) electrons. The van der Waals surface area contributed by atoms with Gasteiger partial charge in [0.2, 0.25) is 0 Å². The minimum Gasteiger partial charge on any atom is -0.491 e. The van der Waals surface area contributed by atoms with Crippen molar-refractivity contribution in [2.75, 3.05) is 20.2 Å². The molecule has 2 aromatic carbocycles. The average Bonchev–Trinajstić information content (AvgIpc) is 3.10. The highest BCUT2D eigenvalue weighted by molar-refractivity contribution is 5.43. The second kappa shape index (κ2) is 8.50. The van der Waals surface area contributed by atoms with Crippen LogP contribution in [0.25, 0.3) is 0 Å². The number of fused-ring (bicyclic) bond motifs is 1. The minimum absolute atomic E-state index is 0.346. The lowest BCUT2D eigenvalue weighted by atomic mass is 10.1. The second-order valence-corrected chi connectivity index (χ2v) is 7.19. The lowest BCUT2D eigenvalue weighted by Gasteiger charge is -2.27. The van der Waals surface area contributed by atoms with E-state index in [-0.39, 0.29) is 0 Å². The molecule has 0 saturated heterocycles. The molecule has 0 saturated carbocycles. The van der Waals surface area contributed by atoms with E-state index in [2.05, 4.69) is 55.3 Å². The van der Waals surface area contributed by atoms with Crippen molar-refractivity contribution in [1.82, 2.24) is 4.90 Å². The van der Waals surface area contributed by atoms with Gasteiger partial charge in [0.1, 0.15) is 18.5 Å². The van der Waals surface area contributed by atoms with Crippen molar-refractivity contribution in [3.05, 3.63) is 65.2 Å². The third-order valence-electron chi connectivity index (χ3n) is 5.16. The lowest BCUT2D eigenvalue weighted by molar-refractivity contribution is 0.0652. The van der Waals surface area contributed by atoms with Crippen LogP contribution in [0.3, 0.4) is 0 Å². The van der Waals surface area contributed by atoms with Gasteiger partial charge in [0.05, 0.1) is 0 Å². The van der Waals surface area contributed by atoms with E-state index in [9.17, 15) is 5.11 Å². The van der Waals surface area contributed by atoms with Crippen LogP contribution in [0.5, 0.6) is 5.75 Å². The summed E-state index contributed by atoms with van der Waals surface area (Å²) >= 11 is 0. The van der Waals surface area contributed by atoms with Crippen molar-refractivity contribution in [3.8, 4) is 5.75 Å². The van der Waals surface area contributed by atoms with Crippen molar-refractivity contribution >= 4 is 0 Å². The summed E-state index contributed by atoms with van der Waals surface area (Å²) in [6.07, 6.45) is 3.94. The van der Waals surface area contributed by atoms with Crippen LogP contribution in [0, 0.1) is 0 Å². The molecule has 1 aliphatic carbocycles. The zero-order valence-electron chi connectivity index (χ0n) is 15.3. The van der Waals surface area contributed by atoms with E-state index in [1.807, 2.05) is 12.1 Å². The Balaban J connectivity index is 1.47. The molecule has 25 heavy (non-hydrogen) atoms. The Morgan fingerprint density at radius 3 is 2.68 bits per heavy atom. The Bertz CT molecular complexity index is 671. The van der Waals surface area contributed by atoms with Crippen molar-refractivity contribution in [1.29, 1.82) is 0 Å². The Hall–Kier alpha value is -1.84. The standard InChI is InChI=1S/C22H29NO2/c1-17(14-18-8-4-3-5-9-18)23(2)15-20(24)16-25-22-13-7-11-19-10-6-12-21(19)22/h3-5,7-9,11,13,17,20,24H,6,10,12,14-16H2,1-2H3. The Morgan fingerprint density at radius 1 is 1.08 bits per heavy atom. The SMILES string of the molecule is CC(Cc1ccccc1)N(C)CC(O)COc1cccc2c1CCC2. The number of rotatable bonds is 8. The third kappa shape index (κ3) is 4.83. The fourth-order valence-electron chi connectivity index (χ4n) is 3.58. The van der Waals surface area contributed by atoms with Crippen LogP contribution in [-0.4, -0.2) is 42.4 Å². The fourth-order valence-corrected chi connectivity index (χ4v) is 3.58. The van der Waals surface area contributed by atoms with Crippen LogP contribution in [-0.2, 0) is 19.3 Å². The van der Waals surface area contributed by atoms with E-state index in [0.717, 1.165) is 25.0 Å². The first-order valence-electron chi connectivity index (χ1n) is 9.29. The van der Waals surface area contributed by atoms with Gasteiger partial charge in [-0.2, -0.15) is 0 Å². The minimum atomic E-state index is -0.486. The molecule has 0 spiro atoms. The summed E-state index contributed by atoms with van der Waals surface area (Å²) in [5.74, 6) is 0.953. The first-order chi connectivity index (χ1) is 12.1. The van der Waals surface area contributed by atoms with Crippen molar-refractivity contribution in [2.24, 2.45) is 0 Å². The first-order valence-corrected chi connectivity index (χ1v) is 9.29. The predicted octanol–water partition coefficient (Wildman–Crippen LogP) is 3.48. The van der Waals surface area contributed by atoms with Gasteiger partial charge in [-0.1, -0.05) is 42.5 Å². The fraction of sp³-hybridized carbons (Fsp3) is 0.455. The van der Waals surface area contributed by atoms with E-state index in [1.165, 1.54) is 23.1 Å². The smallest absolute Gasteiger partial charge is 0.122 e. The molecule has 1 aliphatic rings. The van der Waals surface area contributed by atoms with Crippen molar-refractivity contribution in [3.63, 3.8) is 0 Å². The lowest BCUT2D eigenvalue weighted by Crippen LogP contribution is -2.39. The van der Waals surface area contributed by atoms with Gasteiger partial charge in [0.25, 0.3) is 0 Å². The summed E-state index contributed by atoms with van der Waals surface area (Å²) in [5.41, 5.74) is 4.06. The van der Waals surface area contributed by atoms with Crippen molar-refractivity contribution < 1.29 is 9.84 Å². The monoisotopic (exact) mass is 339 g/mol. The maximum atomic E-state index is 10.4. The van der Waals surface area contributed by atoms with Crippen LogP contribution < -0.4 is 4.74 Å². The number of aliphatic hydroxyl groups is 1. The van der Waals surface area contributed by atoms with Gasteiger partial charge in [-0.25, -0.2) is 0 Å². The van der Waals surface area contributed by atoms with E-state index >= 15 is 0 Å². The molecule has 134 valence electrons. The van der Waals surface area contributed by atoms with Gasteiger partial charge >= 0.3 is 0 Å². The predicted molar refractivity (Wildman–Crippen MR) is 102 cm³/mol. The molecule has 1 N–H and O–H groups in total. The maximum absolute atomic E-state index is 10.4. The molecular formula is C22H29NO2. The van der Waals surface area contributed by atoms with Crippen LogP contribution >= 0.6 is 0 Å². The molecule has 2 aromatic rings. The summed E-state index contributed by atoms with van der Waals surface area (Å²) in [6.45, 7) is 3.16. The van der Waals surface area contributed by atoms with E-state index in [1.54, 1.807) is 0 Å². The van der Waals surface area contributed by atoms with Crippen LogP contribution in [0.4, 0.5) is 0 Å². The van der Waals surface area contributed by atoms with E-state index in [0.29, 0.717) is 19.2 Å². The van der Waals surface area contributed by atoms with Crippen molar-refractivity contribution in [2.45, 2.75) is 44.8 Å². The van der Waals surface area contributed by atoms with Crippen LogP contribution in [0.1, 0.15) is 30.0 Å². The number of nitrogens with zero attached hydrogens (tertiary/aromatic N) is 1. The molecule has 0 aliphatic heterocycles. The van der Waals surface area contributed by atoms with Crippen LogP contribution in [0.2, 0.25) is 0 Å². The number of benzene rings is 2. The molecule has 0 amide bonds. The van der Waals surface area contributed by atoms with Gasteiger partial charge in [-0.3, -0.25) is 0 Å². The number of hydrogen-bond donors (Lipinski definition) is 1. The normalized spacial score (nSPS) is 15.8. The van der Waals surface area contributed by atoms with Crippen LogP contribution in [0.15, 0.2) is 48.5 Å². The molecular weight excluding hydrogens is 310 g/mol. The summed E-state index contributed by atoms with van der Waals surface area (Å²) in [5, 5.41) is 10.4. The first kappa shape index (κ1) is 18.0. The number of likely N-dealkylation sites (N-methyl/N-ethyl adjacent to an activating group) is 1. The number of hydrogen-bond acceptors (Lipinski definition) is 3. The molecule has 2 atom stereocenters. The molecule has 2 unspecified atom stereocenters. The van der Waals surface area contributed by atoms with E-state index in [4.69, 9.17) is 4.74 Å². The second-order valence-electron chi connectivity index (χ2n) is 7.19. The molecule has 0 fully saturated rings. The summed E-state index contributed by atoms with van der Waals surface area (Å²) in [7, 11) is 2.07. The van der Waals surface area contributed by atoms with E-state index < -0.39 is 6.10 Å². The maximum Gasteiger partial charge on any atom is 0.122 e. The summed E-state index contributed by atoms with van der Waals surface area (Å²) in [6, 6.07) is 17.1. The topological polar surface area (TPSA) is 32.7 Å². The third-order valence-corrected chi connectivity index (χ3v) is 5.16. The average molecular weight is 339 g/mol. The molecule has 0 bridgehead atoms. The molecule has 3 rings (SSSR count). The largest absolute Gasteiger partial charge is 0.491 e. The van der Waals surface area contributed by atoms with Gasteiger partial charge in [0.15, 0.2) is 0 Å². The molecule has 3 heteroatoms. The molecule has 0 aromatic heterocycles. The van der Waals surface area contributed by atoms with Gasteiger partial charge < -0.3 is 14.7 Å². The highest BCUT2D eigenvalue weighted by Gasteiger charge is 2.18. The Labute approximate surface area is 151 Å². The van der Waals surface area contributed by atoms with Gasteiger partial charge in [-0.05, 0) is 62.4 Å². The zero-order valence-corrected chi connectivity index (χ0v) is 15.3. The Morgan fingerprint density at radius 2 is 1.88 bits per heavy atom. The van der Waals surface area contributed by atoms with Gasteiger partial charge in [-0.15, -0.1) is 0 Å². The van der Waals surface area contributed by atoms with Gasteiger partial charge in [0, 0.05) is 12.6 Å². The molecule has 3 nitrogen and oxygen atoms in total. The number of aliphatic hydroxyl groups excluding tert-OH is 1.